The van der Waals surface area contributed by atoms with Crippen molar-refractivity contribution in [3.63, 3.8) is 0 Å². The average molecular weight is 745 g/mol. The zero-order valence-corrected chi connectivity index (χ0v) is 33.7. The second-order valence-corrected chi connectivity index (χ2v) is 14.4. The Morgan fingerprint density at radius 2 is 1.07 bits per heavy atom. The molecule has 4 unspecified atom stereocenters. The molecule has 0 saturated carbocycles. The minimum Gasteiger partial charge on any atom is -0.497 e. The van der Waals surface area contributed by atoms with Gasteiger partial charge in [0.15, 0.2) is 0 Å². The summed E-state index contributed by atoms with van der Waals surface area (Å²) >= 11 is 0. The highest BCUT2D eigenvalue weighted by Crippen LogP contribution is 2.43. The SMILES string of the molecule is COc1ccc(C=C(C)C(O)(c2cc(F)ccc2OC)C(C)CN(C)C)cc1.COc1ccc(C=C(C)C(O)(c2cccc(F)c2)C(C)CN(C)C)cc1. The third-order valence-electron chi connectivity index (χ3n) is 9.74. The minimum absolute atomic E-state index is 0.131. The lowest BCUT2D eigenvalue weighted by Crippen LogP contribution is -2.40. The van der Waals surface area contributed by atoms with Crippen molar-refractivity contribution in [3.8, 4) is 17.2 Å². The van der Waals surface area contributed by atoms with E-state index in [1.165, 1.54) is 31.4 Å². The predicted octanol–water partition coefficient (Wildman–Crippen LogP) is 8.65. The summed E-state index contributed by atoms with van der Waals surface area (Å²) in [6, 6.07) is 25.7. The lowest BCUT2D eigenvalue weighted by atomic mass is 9.75. The van der Waals surface area contributed by atoms with E-state index < -0.39 is 17.0 Å². The summed E-state index contributed by atoms with van der Waals surface area (Å²) in [6.45, 7) is 8.97. The molecule has 4 aromatic rings. The average Bonchev–Trinajstić information content (AvgIpc) is 3.14. The van der Waals surface area contributed by atoms with Gasteiger partial charge >= 0.3 is 0 Å². The van der Waals surface area contributed by atoms with E-state index in [4.69, 9.17) is 14.2 Å². The molecule has 292 valence electrons. The van der Waals surface area contributed by atoms with Gasteiger partial charge in [-0.2, -0.15) is 0 Å². The summed E-state index contributed by atoms with van der Waals surface area (Å²) in [4.78, 5) is 4.03. The maximum atomic E-state index is 14.1. The van der Waals surface area contributed by atoms with E-state index >= 15 is 0 Å². The van der Waals surface area contributed by atoms with Crippen molar-refractivity contribution in [1.29, 1.82) is 0 Å². The summed E-state index contributed by atoms with van der Waals surface area (Å²) < 4.78 is 43.8. The van der Waals surface area contributed by atoms with E-state index in [0.29, 0.717) is 35.5 Å². The van der Waals surface area contributed by atoms with Gasteiger partial charge in [0.2, 0.25) is 0 Å². The number of aliphatic hydroxyl groups is 2. The fraction of sp³-hybridized carbons (Fsp3) is 0.378. The van der Waals surface area contributed by atoms with Crippen LogP contribution < -0.4 is 14.2 Å². The summed E-state index contributed by atoms with van der Waals surface area (Å²) in [5.74, 6) is 0.885. The molecule has 0 bridgehead atoms. The molecule has 0 aliphatic rings. The number of ether oxygens (including phenoxy) is 3. The van der Waals surface area contributed by atoms with Gasteiger partial charge in [-0.1, -0.05) is 62.4 Å². The van der Waals surface area contributed by atoms with Crippen LogP contribution in [0.3, 0.4) is 0 Å². The number of halogens is 2. The first-order valence-corrected chi connectivity index (χ1v) is 18.0. The predicted molar refractivity (Wildman–Crippen MR) is 216 cm³/mol. The summed E-state index contributed by atoms with van der Waals surface area (Å²) in [6.07, 6.45) is 3.85. The lowest BCUT2D eigenvalue weighted by molar-refractivity contribution is 0.00829. The van der Waals surface area contributed by atoms with Crippen LogP contribution >= 0.6 is 0 Å². The fourth-order valence-corrected chi connectivity index (χ4v) is 6.95. The van der Waals surface area contributed by atoms with Crippen LogP contribution in [0.4, 0.5) is 8.78 Å². The summed E-state index contributed by atoms with van der Waals surface area (Å²) in [5, 5.41) is 23.6. The van der Waals surface area contributed by atoms with Gasteiger partial charge in [-0.25, -0.2) is 8.78 Å². The van der Waals surface area contributed by atoms with E-state index in [1.807, 2.05) is 126 Å². The quantitative estimate of drug-likeness (QED) is 0.126. The standard InChI is InChI=1S/C23H30FNO3.C22H28FNO2/c1-16(13-18-7-10-20(27-5)11-8-18)23(26,17(2)15-25(3)4)21-14-19(24)9-12-22(21)28-6;1-16(13-18-9-11-21(26-5)12-10-18)22(25,17(2)15-24(3)4)19-7-6-8-20(23)14-19/h7-14,17,26H,15H2,1-6H3;6-14,17,25H,15H2,1-5H3. The first kappa shape index (κ1) is 43.9. The highest BCUT2D eigenvalue weighted by atomic mass is 19.1. The Hall–Kier alpha value is -4.54. The Labute approximate surface area is 321 Å². The molecule has 0 amide bonds. The Kier molecular flexibility index (Phi) is 16.0. The van der Waals surface area contributed by atoms with Crippen LogP contribution in [0.5, 0.6) is 17.2 Å². The topological polar surface area (TPSA) is 74.6 Å². The molecule has 0 heterocycles. The number of benzene rings is 4. The van der Waals surface area contributed by atoms with Crippen molar-refractivity contribution in [2.24, 2.45) is 11.8 Å². The van der Waals surface area contributed by atoms with E-state index in [1.54, 1.807) is 32.4 Å². The number of hydrogen-bond acceptors (Lipinski definition) is 7. The number of hydrogen-bond donors (Lipinski definition) is 2. The van der Waals surface area contributed by atoms with Gasteiger partial charge in [-0.05, 0) is 124 Å². The van der Waals surface area contributed by atoms with Crippen molar-refractivity contribution >= 4 is 12.2 Å². The molecule has 0 radical (unpaired) electrons. The van der Waals surface area contributed by atoms with Gasteiger partial charge < -0.3 is 34.2 Å². The first-order valence-electron chi connectivity index (χ1n) is 18.0. The number of nitrogens with zero attached hydrogens (tertiary/aromatic N) is 2. The maximum absolute atomic E-state index is 14.1. The molecule has 0 saturated heterocycles. The molecule has 0 aliphatic carbocycles. The van der Waals surface area contributed by atoms with Crippen molar-refractivity contribution in [1.82, 2.24) is 9.80 Å². The molecule has 0 aliphatic heterocycles. The molecule has 7 nitrogen and oxygen atoms in total. The largest absolute Gasteiger partial charge is 0.497 e. The van der Waals surface area contributed by atoms with Crippen LogP contribution in [0, 0.1) is 23.5 Å². The molecular formula is C45H58F2N2O5. The second kappa shape index (κ2) is 19.7. The fourth-order valence-electron chi connectivity index (χ4n) is 6.95. The van der Waals surface area contributed by atoms with Gasteiger partial charge in [0.25, 0.3) is 0 Å². The Morgan fingerprint density at radius 1 is 0.630 bits per heavy atom. The highest BCUT2D eigenvalue weighted by Gasteiger charge is 2.41. The number of rotatable bonds is 15. The molecule has 0 spiro atoms. The van der Waals surface area contributed by atoms with Crippen LogP contribution in [0.1, 0.15) is 49.9 Å². The summed E-state index contributed by atoms with van der Waals surface area (Å²) in [7, 11) is 12.6. The van der Waals surface area contributed by atoms with Crippen molar-refractivity contribution in [2.75, 3.05) is 62.6 Å². The molecule has 4 aromatic carbocycles. The van der Waals surface area contributed by atoms with Crippen LogP contribution in [0.25, 0.3) is 12.2 Å². The maximum Gasteiger partial charge on any atom is 0.125 e. The van der Waals surface area contributed by atoms with Gasteiger partial charge in [0.1, 0.15) is 40.1 Å². The molecule has 0 fully saturated rings. The van der Waals surface area contributed by atoms with Crippen LogP contribution in [0.15, 0.2) is 102 Å². The van der Waals surface area contributed by atoms with Gasteiger partial charge in [0.05, 0.1) is 21.3 Å². The second-order valence-electron chi connectivity index (χ2n) is 14.4. The monoisotopic (exact) mass is 744 g/mol. The van der Waals surface area contributed by atoms with E-state index in [0.717, 1.165) is 28.2 Å². The molecule has 4 atom stereocenters. The Bertz CT molecular complexity index is 1840. The van der Waals surface area contributed by atoms with Crippen LogP contribution in [-0.4, -0.2) is 82.6 Å². The van der Waals surface area contributed by atoms with E-state index in [-0.39, 0.29) is 17.7 Å². The molecule has 0 aromatic heterocycles. The van der Waals surface area contributed by atoms with Crippen LogP contribution in [-0.2, 0) is 11.2 Å². The normalized spacial score (nSPS) is 15.4. The number of methoxy groups -OCH3 is 3. The van der Waals surface area contributed by atoms with Crippen molar-refractivity contribution in [3.05, 3.63) is 136 Å². The van der Waals surface area contributed by atoms with Crippen LogP contribution in [0.2, 0.25) is 0 Å². The smallest absolute Gasteiger partial charge is 0.125 e. The third kappa shape index (κ3) is 11.0. The molecule has 54 heavy (non-hydrogen) atoms. The van der Waals surface area contributed by atoms with E-state index in [9.17, 15) is 19.0 Å². The van der Waals surface area contributed by atoms with Gasteiger partial charge in [-0.15, -0.1) is 0 Å². The zero-order chi connectivity index (χ0) is 40.2. The van der Waals surface area contributed by atoms with Gasteiger partial charge in [0, 0.05) is 30.5 Å². The molecule has 2 N–H and O–H groups in total. The van der Waals surface area contributed by atoms with Crippen molar-refractivity contribution < 1.29 is 33.2 Å². The highest BCUT2D eigenvalue weighted by molar-refractivity contribution is 5.59. The summed E-state index contributed by atoms with van der Waals surface area (Å²) in [5.41, 5.74) is 1.66. The Morgan fingerprint density at radius 3 is 1.50 bits per heavy atom. The zero-order valence-electron chi connectivity index (χ0n) is 33.7. The third-order valence-corrected chi connectivity index (χ3v) is 9.74. The molecule has 4 rings (SSSR count). The molecule has 9 heteroatoms. The van der Waals surface area contributed by atoms with E-state index in [2.05, 4.69) is 0 Å². The Balaban J connectivity index is 0.000000291. The molecular weight excluding hydrogens is 686 g/mol. The lowest BCUT2D eigenvalue weighted by Gasteiger charge is -2.38. The minimum atomic E-state index is -1.41. The van der Waals surface area contributed by atoms with Crippen molar-refractivity contribution in [2.45, 2.75) is 38.9 Å². The first-order chi connectivity index (χ1) is 25.5. The van der Waals surface area contributed by atoms with Gasteiger partial charge in [-0.3, -0.25) is 0 Å².